The minimum Gasteiger partial charge on any atom is -0.439 e. The van der Waals surface area contributed by atoms with Crippen LogP contribution in [0.3, 0.4) is 0 Å². The van der Waals surface area contributed by atoms with Gasteiger partial charge >= 0.3 is 0 Å². The summed E-state index contributed by atoms with van der Waals surface area (Å²) >= 11 is 0. The average Bonchev–Trinajstić information content (AvgIpc) is 2.40. The fourth-order valence-corrected chi connectivity index (χ4v) is 1.64. The highest BCUT2D eigenvalue weighted by atomic mass is 16.5. The van der Waals surface area contributed by atoms with Crippen LogP contribution in [-0.4, -0.2) is 9.97 Å². The number of benzene rings is 1. The minimum atomic E-state index is 0.586. The molecule has 0 saturated heterocycles. The molecule has 3 heteroatoms. The summed E-state index contributed by atoms with van der Waals surface area (Å²) in [6.45, 7) is 0. The van der Waals surface area contributed by atoms with Gasteiger partial charge in [0.1, 0.15) is 5.75 Å². The van der Waals surface area contributed by atoms with Gasteiger partial charge < -0.3 is 4.74 Å². The van der Waals surface area contributed by atoms with E-state index in [9.17, 15) is 0 Å². The number of ether oxygens (including phenoxy) is 1. The summed E-state index contributed by atoms with van der Waals surface area (Å²) in [4.78, 5) is 8.39. The van der Waals surface area contributed by atoms with Gasteiger partial charge in [0.25, 0.3) is 0 Å². The standard InChI is InChI=1S/C14H10N2O/c1-2-8-16-14(5-1)17-12-7-6-11-4-3-9-15-13(11)10-12/h1-10H. The largest absolute Gasteiger partial charge is 0.439 e. The van der Waals surface area contributed by atoms with E-state index in [0.29, 0.717) is 5.88 Å². The number of hydrogen-bond donors (Lipinski definition) is 0. The van der Waals surface area contributed by atoms with E-state index in [1.54, 1.807) is 12.4 Å². The van der Waals surface area contributed by atoms with Crippen LogP contribution in [0.5, 0.6) is 11.6 Å². The molecular weight excluding hydrogens is 212 g/mol. The minimum absolute atomic E-state index is 0.586. The van der Waals surface area contributed by atoms with Crippen LogP contribution in [0.2, 0.25) is 0 Å². The van der Waals surface area contributed by atoms with Crippen LogP contribution in [0.1, 0.15) is 0 Å². The lowest BCUT2D eigenvalue weighted by Crippen LogP contribution is -1.87. The Hall–Kier alpha value is -2.42. The molecule has 1 aromatic carbocycles. The smallest absolute Gasteiger partial charge is 0.219 e. The Morgan fingerprint density at radius 3 is 2.65 bits per heavy atom. The Bertz CT molecular complexity index is 638. The molecule has 0 amide bonds. The van der Waals surface area contributed by atoms with Gasteiger partial charge in [0, 0.05) is 29.9 Å². The Morgan fingerprint density at radius 2 is 1.76 bits per heavy atom. The number of rotatable bonds is 2. The van der Waals surface area contributed by atoms with Crippen LogP contribution in [0, 0.1) is 0 Å². The average molecular weight is 222 g/mol. The molecule has 3 nitrogen and oxygen atoms in total. The molecule has 0 atom stereocenters. The molecule has 0 aliphatic rings. The van der Waals surface area contributed by atoms with Crippen LogP contribution >= 0.6 is 0 Å². The second-order valence-corrected chi connectivity index (χ2v) is 3.63. The molecule has 0 bridgehead atoms. The molecule has 0 unspecified atom stereocenters. The number of hydrogen-bond acceptors (Lipinski definition) is 3. The zero-order valence-electron chi connectivity index (χ0n) is 9.08. The first-order chi connectivity index (χ1) is 8.42. The molecule has 0 saturated carbocycles. The maximum atomic E-state index is 5.64. The topological polar surface area (TPSA) is 35.0 Å². The molecule has 2 heterocycles. The van der Waals surface area contributed by atoms with Crippen molar-refractivity contribution in [1.29, 1.82) is 0 Å². The van der Waals surface area contributed by atoms with E-state index in [1.165, 1.54) is 0 Å². The third-order valence-electron chi connectivity index (χ3n) is 2.44. The number of fused-ring (bicyclic) bond motifs is 1. The molecule has 3 rings (SSSR count). The predicted octanol–water partition coefficient (Wildman–Crippen LogP) is 3.42. The van der Waals surface area contributed by atoms with E-state index in [0.717, 1.165) is 16.7 Å². The lowest BCUT2D eigenvalue weighted by Gasteiger charge is -2.04. The van der Waals surface area contributed by atoms with Gasteiger partial charge in [-0.05, 0) is 24.3 Å². The maximum Gasteiger partial charge on any atom is 0.219 e. The van der Waals surface area contributed by atoms with Crippen LogP contribution in [0.4, 0.5) is 0 Å². The second-order valence-electron chi connectivity index (χ2n) is 3.63. The summed E-state index contributed by atoms with van der Waals surface area (Å²) in [6, 6.07) is 15.3. The van der Waals surface area contributed by atoms with Gasteiger partial charge in [-0.3, -0.25) is 4.98 Å². The molecule has 0 N–H and O–H groups in total. The Kier molecular flexibility index (Phi) is 2.43. The van der Waals surface area contributed by atoms with Gasteiger partial charge in [0.2, 0.25) is 5.88 Å². The molecule has 2 aromatic heterocycles. The molecule has 17 heavy (non-hydrogen) atoms. The van der Waals surface area contributed by atoms with Crippen LogP contribution < -0.4 is 4.74 Å². The van der Waals surface area contributed by atoms with E-state index < -0.39 is 0 Å². The summed E-state index contributed by atoms with van der Waals surface area (Å²) in [7, 11) is 0. The van der Waals surface area contributed by atoms with Crippen LogP contribution in [0.25, 0.3) is 10.9 Å². The summed E-state index contributed by atoms with van der Waals surface area (Å²) in [5, 5.41) is 1.10. The molecule has 0 fully saturated rings. The zero-order valence-corrected chi connectivity index (χ0v) is 9.08. The molecule has 0 aliphatic carbocycles. The van der Waals surface area contributed by atoms with E-state index >= 15 is 0 Å². The first-order valence-electron chi connectivity index (χ1n) is 5.35. The number of aromatic nitrogens is 2. The lowest BCUT2D eigenvalue weighted by atomic mass is 10.2. The third-order valence-corrected chi connectivity index (χ3v) is 2.44. The van der Waals surface area contributed by atoms with Crippen LogP contribution in [-0.2, 0) is 0 Å². The van der Waals surface area contributed by atoms with Crippen molar-refractivity contribution < 1.29 is 4.74 Å². The Morgan fingerprint density at radius 1 is 0.824 bits per heavy atom. The van der Waals surface area contributed by atoms with Crippen molar-refractivity contribution in [3.63, 3.8) is 0 Å². The molecule has 0 radical (unpaired) electrons. The van der Waals surface area contributed by atoms with Crippen molar-refractivity contribution in [1.82, 2.24) is 9.97 Å². The van der Waals surface area contributed by atoms with E-state index in [4.69, 9.17) is 4.74 Å². The molecule has 0 spiro atoms. The Labute approximate surface area is 98.7 Å². The molecule has 3 aromatic rings. The van der Waals surface area contributed by atoms with Crippen molar-refractivity contribution in [2.24, 2.45) is 0 Å². The van der Waals surface area contributed by atoms with E-state index in [2.05, 4.69) is 9.97 Å². The summed E-state index contributed by atoms with van der Waals surface area (Å²) < 4.78 is 5.64. The third kappa shape index (κ3) is 2.08. The monoisotopic (exact) mass is 222 g/mol. The van der Waals surface area contributed by atoms with Crippen molar-refractivity contribution in [2.45, 2.75) is 0 Å². The Balaban J connectivity index is 1.96. The quantitative estimate of drug-likeness (QED) is 0.666. The van der Waals surface area contributed by atoms with Gasteiger partial charge in [-0.1, -0.05) is 12.1 Å². The highest BCUT2D eigenvalue weighted by Gasteiger charge is 1.99. The summed E-state index contributed by atoms with van der Waals surface area (Å²) in [5.41, 5.74) is 0.918. The molecular formula is C14H10N2O. The van der Waals surface area contributed by atoms with Crippen LogP contribution in [0.15, 0.2) is 60.9 Å². The summed E-state index contributed by atoms with van der Waals surface area (Å²) in [6.07, 6.45) is 3.47. The van der Waals surface area contributed by atoms with Gasteiger partial charge in [-0.15, -0.1) is 0 Å². The van der Waals surface area contributed by atoms with Gasteiger partial charge in [-0.2, -0.15) is 0 Å². The van der Waals surface area contributed by atoms with Crippen molar-refractivity contribution >= 4 is 10.9 Å². The van der Waals surface area contributed by atoms with Gasteiger partial charge in [0.15, 0.2) is 0 Å². The van der Waals surface area contributed by atoms with Crippen molar-refractivity contribution in [3.8, 4) is 11.6 Å². The van der Waals surface area contributed by atoms with E-state index in [-0.39, 0.29) is 0 Å². The molecule has 82 valence electrons. The highest BCUT2D eigenvalue weighted by molar-refractivity contribution is 5.79. The maximum absolute atomic E-state index is 5.64. The van der Waals surface area contributed by atoms with Crippen molar-refractivity contribution in [3.05, 3.63) is 60.9 Å². The first-order valence-corrected chi connectivity index (χ1v) is 5.35. The summed E-state index contributed by atoms with van der Waals surface area (Å²) in [5.74, 6) is 1.33. The van der Waals surface area contributed by atoms with Crippen molar-refractivity contribution in [2.75, 3.05) is 0 Å². The zero-order chi connectivity index (χ0) is 11.5. The highest BCUT2D eigenvalue weighted by Crippen LogP contribution is 2.22. The normalized spacial score (nSPS) is 10.4. The fourth-order valence-electron chi connectivity index (χ4n) is 1.64. The van der Waals surface area contributed by atoms with Gasteiger partial charge in [-0.25, -0.2) is 4.98 Å². The number of nitrogens with zero attached hydrogens (tertiary/aromatic N) is 2. The SMILES string of the molecule is c1ccc(Oc2ccc3cccnc3c2)nc1. The second kappa shape index (κ2) is 4.22. The molecule has 0 aliphatic heterocycles. The lowest BCUT2D eigenvalue weighted by molar-refractivity contribution is 0.463. The van der Waals surface area contributed by atoms with Gasteiger partial charge in [0.05, 0.1) is 5.52 Å². The number of pyridine rings is 2. The van der Waals surface area contributed by atoms with E-state index in [1.807, 2.05) is 48.5 Å². The predicted molar refractivity (Wildman–Crippen MR) is 66.1 cm³/mol. The fraction of sp³-hybridized carbons (Fsp3) is 0. The first kappa shape index (κ1) is 9.78.